The van der Waals surface area contributed by atoms with Gasteiger partial charge in [-0.2, -0.15) is 0 Å². The van der Waals surface area contributed by atoms with Gasteiger partial charge in [0.15, 0.2) is 11.6 Å². The summed E-state index contributed by atoms with van der Waals surface area (Å²) in [7, 11) is -4.08. The molecular formula is C13H18F2N2O2S. The summed E-state index contributed by atoms with van der Waals surface area (Å²) in [6, 6.07) is 1.69. The van der Waals surface area contributed by atoms with Gasteiger partial charge in [-0.25, -0.2) is 21.9 Å². The zero-order valence-electron chi connectivity index (χ0n) is 11.0. The van der Waals surface area contributed by atoms with Crippen LogP contribution >= 0.6 is 0 Å². The standard InChI is InChI=1S/C13H18F2N2O2S/c14-11-6-10(16)7-12(13(11)15)20(18,19)17-8-9-4-2-1-3-5-9/h6-7,9,17H,1-5,8,16H2. The molecule has 0 saturated heterocycles. The monoisotopic (exact) mass is 304 g/mol. The minimum Gasteiger partial charge on any atom is -0.399 e. The van der Waals surface area contributed by atoms with E-state index >= 15 is 0 Å². The highest BCUT2D eigenvalue weighted by Crippen LogP contribution is 2.24. The van der Waals surface area contributed by atoms with Gasteiger partial charge in [-0.15, -0.1) is 0 Å². The van der Waals surface area contributed by atoms with Gasteiger partial charge in [-0.1, -0.05) is 19.3 Å². The topological polar surface area (TPSA) is 72.2 Å². The van der Waals surface area contributed by atoms with Crippen LogP contribution < -0.4 is 10.5 Å². The van der Waals surface area contributed by atoms with Gasteiger partial charge in [0, 0.05) is 12.2 Å². The van der Waals surface area contributed by atoms with Crippen LogP contribution in [0, 0.1) is 17.6 Å². The summed E-state index contributed by atoms with van der Waals surface area (Å²) in [5.74, 6) is -2.40. The second-order valence-electron chi connectivity index (χ2n) is 5.17. The average Bonchev–Trinajstić information content (AvgIpc) is 2.42. The highest BCUT2D eigenvalue weighted by atomic mass is 32.2. The van der Waals surface area contributed by atoms with Crippen LogP contribution in [-0.2, 0) is 10.0 Å². The Morgan fingerprint density at radius 1 is 1.20 bits per heavy atom. The zero-order chi connectivity index (χ0) is 14.8. The number of hydrogen-bond donors (Lipinski definition) is 2. The molecular weight excluding hydrogens is 286 g/mol. The normalized spacial score (nSPS) is 17.3. The Morgan fingerprint density at radius 2 is 1.85 bits per heavy atom. The quantitative estimate of drug-likeness (QED) is 0.839. The highest BCUT2D eigenvalue weighted by molar-refractivity contribution is 7.89. The van der Waals surface area contributed by atoms with Crippen molar-refractivity contribution in [2.45, 2.75) is 37.0 Å². The molecule has 20 heavy (non-hydrogen) atoms. The van der Waals surface area contributed by atoms with Crippen LogP contribution in [0.15, 0.2) is 17.0 Å². The van der Waals surface area contributed by atoms with E-state index in [2.05, 4.69) is 4.72 Å². The fourth-order valence-corrected chi connectivity index (χ4v) is 3.71. The number of halogens is 2. The summed E-state index contributed by atoms with van der Waals surface area (Å²) >= 11 is 0. The number of benzene rings is 1. The third-order valence-corrected chi connectivity index (χ3v) is 5.02. The highest BCUT2D eigenvalue weighted by Gasteiger charge is 2.24. The van der Waals surface area contributed by atoms with E-state index in [-0.39, 0.29) is 18.2 Å². The molecule has 0 unspecified atom stereocenters. The second kappa shape index (κ2) is 6.05. The molecule has 0 aromatic heterocycles. The van der Waals surface area contributed by atoms with E-state index in [1.807, 2.05) is 0 Å². The molecule has 7 heteroatoms. The average molecular weight is 304 g/mol. The SMILES string of the molecule is Nc1cc(F)c(F)c(S(=O)(=O)NCC2CCCCC2)c1. The first-order chi connectivity index (χ1) is 9.40. The molecule has 1 fully saturated rings. The van der Waals surface area contributed by atoms with Crippen molar-refractivity contribution >= 4 is 15.7 Å². The van der Waals surface area contributed by atoms with Crippen LogP contribution in [0.25, 0.3) is 0 Å². The van der Waals surface area contributed by atoms with Crippen molar-refractivity contribution in [3.8, 4) is 0 Å². The molecule has 0 aliphatic heterocycles. The maximum absolute atomic E-state index is 13.6. The van der Waals surface area contributed by atoms with Gasteiger partial charge < -0.3 is 5.73 Å². The number of nitrogens with one attached hydrogen (secondary N) is 1. The first-order valence-electron chi connectivity index (χ1n) is 6.64. The Hall–Kier alpha value is -1.21. The molecule has 0 spiro atoms. The number of rotatable bonds is 4. The third-order valence-electron chi connectivity index (χ3n) is 3.59. The lowest BCUT2D eigenvalue weighted by atomic mass is 9.90. The first-order valence-corrected chi connectivity index (χ1v) is 8.12. The molecule has 0 amide bonds. The van der Waals surface area contributed by atoms with E-state index < -0.39 is 26.6 Å². The van der Waals surface area contributed by atoms with Crippen molar-refractivity contribution in [1.82, 2.24) is 4.72 Å². The maximum atomic E-state index is 13.6. The Bertz CT molecular complexity index is 584. The smallest absolute Gasteiger partial charge is 0.243 e. The van der Waals surface area contributed by atoms with Crippen LogP contribution in [0.3, 0.4) is 0 Å². The molecule has 0 heterocycles. The molecule has 1 aliphatic carbocycles. The Morgan fingerprint density at radius 3 is 2.50 bits per heavy atom. The number of nitrogens with two attached hydrogens (primary N) is 1. The van der Waals surface area contributed by atoms with Gasteiger partial charge in [0.1, 0.15) is 4.90 Å². The largest absolute Gasteiger partial charge is 0.399 e. The van der Waals surface area contributed by atoms with Crippen LogP contribution in [0.4, 0.5) is 14.5 Å². The van der Waals surface area contributed by atoms with E-state index in [4.69, 9.17) is 5.73 Å². The van der Waals surface area contributed by atoms with E-state index in [0.29, 0.717) is 0 Å². The van der Waals surface area contributed by atoms with E-state index in [1.165, 1.54) is 0 Å². The lowest BCUT2D eigenvalue weighted by Crippen LogP contribution is -2.31. The fraction of sp³-hybridized carbons (Fsp3) is 0.538. The second-order valence-corrected chi connectivity index (χ2v) is 6.91. The van der Waals surface area contributed by atoms with Crippen molar-refractivity contribution in [2.24, 2.45) is 5.92 Å². The van der Waals surface area contributed by atoms with Gasteiger partial charge in [0.2, 0.25) is 10.0 Å². The molecule has 1 saturated carbocycles. The Balaban J connectivity index is 2.14. The van der Waals surface area contributed by atoms with Gasteiger partial charge in [-0.3, -0.25) is 0 Å². The summed E-state index contributed by atoms with van der Waals surface area (Å²) in [6.07, 6.45) is 5.23. The van der Waals surface area contributed by atoms with Crippen LogP contribution in [0.2, 0.25) is 0 Å². The summed E-state index contributed by atoms with van der Waals surface area (Å²) in [5.41, 5.74) is 5.24. The summed E-state index contributed by atoms with van der Waals surface area (Å²) in [4.78, 5) is -0.731. The summed E-state index contributed by atoms with van der Waals surface area (Å²) in [5, 5.41) is 0. The van der Waals surface area contributed by atoms with Crippen LogP contribution in [0.1, 0.15) is 32.1 Å². The minimum absolute atomic E-state index is 0.123. The summed E-state index contributed by atoms with van der Waals surface area (Å²) in [6.45, 7) is 0.248. The van der Waals surface area contributed by atoms with Crippen LogP contribution in [-0.4, -0.2) is 15.0 Å². The molecule has 1 aliphatic rings. The molecule has 1 aromatic rings. The Kier molecular flexibility index (Phi) is 4.59. The lowest BCUT2D eigenvalue weighted by molar-refractivity contribution is 0.357. The molecule has 1 aromatic carbocycles. The summed E-state index contributed by atoms with van der Waals surface area (Å²) < 4.78 is 53.2. The predicted molar refractivity (Wildman–Crippen MR) is 72.5 cm³/mol. The number of anilines is 1. The molecule has 0 bridgehead atoms. The molecule has 112 valence electrons. The van der Waals surface area contributed by atoms with Gasteiger partial charge in [0.05, 0.1) is 0 Å². The van der Waals surface area contributed by atoms with Crippen molar-refractivity contribution < 1.29 is 17.2 Å². The van der Waals surface area contributed by atoms with E-state index in [9.17, 15) is 17.2 Å². The molecule has 0 radical (unpaired) electrons. The Labute approximate surface area is 117 Å². The predicted octanol–water partition coefficient (Wildman–Crippen LogP) is 2.41. The third kappa shape index (κ3) is 3.46. The minimum atomic E-state index is -4.08. The van der Waals surface area contributed by atoms with Crippen LogP contribution in [0.5, 0.6) is 0 Å². The zero-order valence-corrected chi connectivity index (χ0v) is 11.8. The van der Waals surface area contributed by atoms with Gasteiger partial charge in [0.25, 0.3) is 0 Å². The lowest BCUT2D eigenvalue weighted by Gasteiger charge is -2.21. The van der Waals surface area contributed by atoms with Crippen molar-refractivity contribution in [3.05, 3.63) is 23.8 Å². The van der Waals surface area contributed by atoms with Gasteiger partial charge >= 0.3 is 0 Å². The molecule has 3 N–H and O–H groups in total. The molecule has 4 nitrogen and oxygen atoms in total. The van der Waals surface area contributed by atoms with Crippen molar-refractivity contribution in [1.29, 1.82) is 0 Å². The van der Waals surface area contributed by atoms with Crippen molar-refractivity contribution in [3.63, 3.8) is 0 Å². The van der Waals surface area contributed by atoms with Crippen molar-refractivity contribution in [2.75, 3.05) is 12.3 Å². The van der Waals surface area contributed by atoms with Gasteiger partial charge in [-0.05, 0) is 30.9 Å². The maximum Gasteiger partial charge on any atom is 0.243 e. The molecule has 2 rings (SSSR count). The number of hydrogen-bond acceptors (Lipinski definition) is 3. The first kappa shape index (κ1) is 15.2. The van der Waals surface area contributed by atoms with E-state index in [1.54, 1.807) is 0 Å². The molecule has 0 atom stereocenters. The fourth-order valence-electron chi connectivity index (χ4n) is 2.48. The number of nitrogen functional groups attached to an aromatic ring is 1. The van der Waals surface area contributed by atoms with E-state index in [0.717, 1.165) is 44.2 Å². The number of sulfonamides is 1.